The van der Waals surface area contributed by atoms with Crippen molar-refractivity contribution in [3.8, 4) is 0 Å². The van der Waals surface area contributed by atoms with Gasteiger partial charge in [0.05, 0.1) is 5.69 Å². The van der Waals surface area contributed by atoms with Crippen LogP contribution < -0.4 is 16.0 Å². The SMILES string of the molecule is NNc1cccnc1S(=O)(=O)Nc1nncs1. The Balaban J connectivity index is 2.38. The minimum Gasteiger partial charge on any atom is -0.321 e. The molecule has 2 heterocycles. The number of hydrogen-bond donors (Lipinski definition) is 3. The monoisotopic (exact) mass is 272 g/mol. The molecule has 0 fully saturated rings. The number of nitrogens with two attached hydrogens (primary N) is 1. The molecule has 8 nitrogen and oxygen atoms in total. The fourth-order valence-electron chi connectivity index (χ4n) is 1.10. The Morgan fingerprint density at radius 2 is 2.24 bits per heavy atom. The lowest BCUT2D eigenvalue weighted by Crippen LogP contribution is -2.18. The summed E-state index contributed by atoms with van der Waals surface area (Å²) in [4.78, 5) is 3.77. The molecule has 0 aliphatic rings. The van der Waals surface area contributed by atoms with Gasteiger partial charge in [0.1, 0.15) is 5.51 Å². The predicted molar refractivity (Wildman–Crippen MR) is 62.8 cm³/mol. The Bertz CT molecular complexity index is 597. The summed E-state index contributed by atoms with van der Waals surface area (Å²) in [5.74, 6) is 5.21. The van der Waals surface area contributed by atoms with Crippen LogP contribution in [0.4, 0.5) is 10.8 Å². The maximum Gasteiger partial charge on any atom is 0.283 e. The van der Waals surface area contributed by atoms with Gasteiger partial charge in [0.25, 0.3) is 10.0 Å². The van der Waals surface area contributed by atoms with Crippen molar-refractivity contribution in [3.63, 3.8) is 0 Å². The molecule has 0 bridgehead atoms. The normalized spacial score (nSPS) is 11.1. The van der Waals surface area contributed by atoms with E-state index < -0.39 is 10.0 Å². The maximum absolute atomic E-state index is 11.9. The van der Waals surface area contributed by atoms with Crippen molar-refractivity contribution in [2.75, 3.05) is 10.1 Å². The van der Waals surface area contributed by atoms with Gasteiger partial charge >= 0.3 is 0 Å². The third kappa shape index (κ3) is 2.49. The molecule has 0 aromatic carbocycles. The lowest BCUT2D eigenvalue weighted by Gasteiger charge is -2.08. The molecule has 0 unspecified atom stereocenters. The van der Waals surface area contributed by atoms with Gasteiger partial charge in [-0.2, -0.15) is 8.42 Å². The molecule has 2 aromatic rings. The van der Waals surface area contributed by atoms with E-state index in [2.05, 4.69) is 25.3 Å². The topological polar surface area (TPSA) is 123 Å². The summed E-state index contributed by atoms with van der Waals surface area (Å²) in [7, 11) is -3.82. The van der Waals surface area contributed by atoms with Crippen molar-refractivity contribution in [1.82, 2.24) is 15.2 Å². The first kappa shape index (κ1) is 11.7. The average molecular weight is 272 g/mol. The number of nitrogen functional groups attached to an aromatic ring is 1. The highest BCUT2D eigenvalue weighted by molar-refractivity contribution is 7.93. The highest BCUT2D eigenvalue weighted by Crippen LogP contribution is 2.20. The van der Waals surface area contributed by atoms with Gasteiger partial charge in [-0.15, -0.1) is 10.2 Å². The van der Waals surface area contributed by atoms with Gasteiger partial charge in [-0.05, 0) is 12.1 Å². The van der Waals surface area contributed by atoms with Gasteiger partial charge < -0.3 is 5.43 Å². The molecule has 0 radical (unpaired) electrons. The molecular formula is C7H8N6O2S2. The number of hydrogen-bond acceptors (Lipinski definition) is 8. The third-order valence-corrected chi connectivity index (χ3v) is 3.80. The van der Waals surface area contributed by atoms with Gasteiger partial charge in [0, 0.05) is 6.20 Å². The molecule has 17 heavy (non-hydrogen) atoms. The van der Waals surface area contributed by atoms with E-state index >= 15 is 0 Å². The van der Waals surface area contributed by atoms with E-state index in [-0.39, 0.29) is 15.8 Å². The minimum atomic E-state index is -3.82. The molecule has 0 saturated heterocycles. The van der Waals surface area contributed by atoms with E-state index in [1.807, 2.05) is 0 Å². The lowest BCUT2D eigenvalue weighted by molar-refractivity contribution is 0.598. The Hall–Kier alpha value is -1.78. The van der Waals surface area contributed by atoms with Crippen LogP contribution >= 0.6 is 11.3 Å². The minimum absolute atomic E-state index is 0.165. The molecule has 2 rings (SSSR count). The molecule has 0 aliphatic heterocycles. The van der Waals surface area contributed by atoms with E-state index in [9.17, 15) is 8.42 Å². The first-order valence-electron chi connectivity index (χ1n) is 4.34. The van der Waals surface area contributed by atoms with Crippen molar-refractivity contribution in [1.29, 1.82) is 0 Å². The lowest BCUT2D eigenvalue weighted by atomic mass is 10.4. The number of pyridine rings is 1. The number of rotatable bonds is 4. The second-order valence-electron chi connectivity index (χ2n) is 2.85. The Labute approximate surface area is 101 Å². The van der Waals surface area contributed by atoms with Crippen LogP contribution in [-0.2, 0) is 10.0 Å². The molecule has 4 N–H and O–H groups in total. The first-order chi connectivity index (χ1) is 8.13. The Morgan fingerprint density at radius 3 is 2.88 bits per heavy atom. The molecule has 10 heteroatoms. The van der Waals surface area contributed by atoms with E-state index in [4.69, 9.17) is 5.84 Å². The van der Waals surface area contributed by atoms with Crippen LogP contribution in [0.25, 0.3) is 0 Å². The molecule has 0 atom stereocenters. The van der Waals surface area contributed by atoms with Gasteiger partial charge in [-0.3, -0.25) is 10.6 Å². The van der Waals surface area contributed by atoms with Crippen molar-refractivity contribution in [2.45, 2.75) is 5.03 Å². The zero-order valence-corrected chi connectivity index (χ0v) is 9.99. The predicted octanol–water partition coefficient (Wildman–Crippen LogP) is 0.0195. The number of nitrogens with zero attached hydrogens (tertiary/aromatic N) is 3. The summed E-state index contributed by atoms with van der Waals surface area (Å²) in [5.41, 5.74) is 3.88. The molecular weight excluding hydrogens is 264 g/mol. The van der Waals surface area contributed by atoms with Gasteiger partial charge in [-0.1, -0.05) is 11.3 Å². The van der Waals surface area contributed by atoms with Gasteiger partial charge in [-0.25, -0.2) is 4.98 Å². The number of sulfonamides is 1. The van der Waals surface area contributed by atoms with Crippen LogP contribution in [0.15, 0.2) is 28.9 Å². The van der Waals surface area contributed by atoms with Crippen LogP contribution in [0, 0.1) is 0 Å². The average Bonchev–Trinajstić information content (AvgIpc) is 2.81. The van der Waals surface area contributed by atoms with Crippen LogP contribution in [0.5, 0.6) is 0 Å². The number of hydrazine groups is 1. The van der Waals surface area contributed by atoms with Gasteiger partial charge in [0.2, 0.25) is 10.2 Å². The maximum atomic E-state index is 11.9. The summed E-state index contributed by atoms with van der Waals surface area (Å²) in [6.45, 7) is 0. The summed E-state index contributed by atoms with van der Waals surface area (Å²) in [5, 5.41) is 7.07. The van der Waals surface area contributed by atoms with E-state index in [0.29, 0.717) is 0 Å². The van der Waals surface area contributed by atoms with Gasteiger partial charge in [0.15, 0.2) is 0 Å². The molecule has 0 spiro atoms. The zero-order chi connectivity index (χ0) is 12.3. The standard InChI is InChI=1S/C7H8N6O2S2/c8-11-5-2-1-3-9-6(5)17(14,15)13-7-12-10-4-16-7/h1-4,11H,8H2,(H,12,13). The number of aromatic nitrogens is 3. The van der Waals surface area contributed by atoms with Crippen molar-refractivity contribution >= 4 is 32.2 Å². The highest BCUT2D eigenvalue weighted by atomic mass is 32.2. The van der Waals surface area contributed by atoms with Crippen LogP contribution in [0.3, 0.4) is 0 Å². The number of anilines is 2. The summed E-state index contributed by atoms with van der Waals surface area (Å²) in [6, 6.07) is 3.07. The smallest absolute Gasteiger partial charge is 0.283 e. The fraction of sp³-hybridized carbons (Fsp3) is 0. The van der Waals surface area contributed by atoms with Crippen molar-refractivity contribution < 1.29 is 8.42 Å². The molecule has 0 amide bonds. The quantitative estimate of drug-likeness (QED) is 0.529. The second kappa shape index (κ2) is 4.61. The van der Waals surface area contributed by atoms with Crippen LogP contribution in [0.2, 0.25) is 0 Å². The number of nitrogens with one attached hydrogen (secondary N) is 2. The molecule has 2 aromatic heterocycles. The summed E-state index contributed by atoms with van der Waals surface area (Å²) >= 11 is 1.07. The largest absolute Gasteiger partial charge is 0.321 e. The zero-order valence-electron chi connectivity index (χ0n) is 8.36. The Kier molecular flexibility index (Phi) is 3.17. The molecule has 90 valence electrons. The third-order valence-electron chi connectivity index (χ3n) is 1.76. The van der Waals surface area contributed by atoms with E-state index in [0.717, 1.165) is 11.3 Å². The molecule has 0 saturated carbocycles. The van der Waals surface area contributed by atoms with Crippen molar-refractivity contribution in [2.24, 2.45) is 5.84 Å². The fourth-order valence-corrected chi connectivity index (χ4v) is 2.89. The van der Waals surface area contributed by atoms with Crippen LogP contribution in [0.1, 0.15) is 0 Å². The molecule has 0 aliphatic carbocycles. The first-order valence-corrected chi connectivity index (χ1v) is 6.70. The van der Waals surface area contributed by atoms with Crippen molar-refractivity contribution in [3.05, 3.63) is 23.8 Å². The second-order valence-corrected chi connectivity index (χ2v) is 5.28. The summed E-state index contributed by atoms with van der Waals surface area (Å²) < 4.78 is 26.1. The van der Waals surface area contributed by atoms with Crippen LogP contribution in [-0.4, -0.2) is 23.6 Å². The summed E-state index contributed by atoms with van der Waals surface area (Å²) in [6.07, 6.45) is 1.36. The Morgan fingerprint density at radius 1 is 1.41 bits per heavy atom. The van der Waals surface area contributed by atoms with E-state index in [1.165, 1.54) is 17.8 Å². The highest BCUT2D eigenvalue weighted by Gasteiger charge is 2.20. The van der Waals surface area contributed by atoms with E-state index in [1.54, 1.807) is 6.07 Å².